The number of nitrogens with zero attached hydrogens (tertiary/aromatic N) is 3. The van der Waals surface area contributed by atoms with Crippen LogP contribution >= 0.6 is 0 Å². The van der Waals surface area contributed by atoms with E-state index in [-0.39, 0.29) is 17.9 Å². The lowest BCUT2D eigenvalue weighted by Gasteiger charge is -2.28. The highest BCUT2D eigenvalue weighted by Crippen LogP contribution is 2.29. The lowest BCUT2D eigenvalue weighted by Crippen LogP contribution is -2.32. The molecule has 2 aromatic carbocycles. The number of carbonyl (C=O) groups is 1. The molecule has 0 radical (unpaired) electrons. The highest BCUT2D eigenvalue weighted by Gasteiger charge is 2.27. The smallest absolute Gasteiger partial charge is 0.227 e. The lowest BCUT2D eigenvalue weighted by atomic mass is 9.85. The van der Waals surface area contributed by atoms with Gasteiger partial charge in [0, 0.05) is 43.2 Å². The van der Waals surface area contributed by atoms with Crippen LogP contribution in [-0.4, -0.2) is 43.1 Å². The van der Waals surface area contributed by atoms with E-state index in [2.05, 4.69) is 10.6 Å². The zero-order chi connectivity index (χ0) is 21.8. The number of benzene rings is 2. The summed E-state index contributed by atoms with van der Waals surface area (Å²) in [6.07, 6.45) is 3.48. The second-order valence-electron chi connectivity index (χ2n) is 8.20. The normalized spacial score (nSPS) is 18.4. The quantitative estimate of drug-likeness (QED) is 0.620. The molecule has 0 spiro atoms. The van der Waals surface area contributed by atoms with Crippen molar-refractivity contribution in [3.8, 4) is 5.75 Å². The number of methoxy groups -OCH3 is 1. The summed E-state index contributed by atoms with van der Waals surface area (Å²) in [5.41, 5.74) is 1.69. The van der Waals surface area contributed by atoms with Crippen LogP contribution in [0.1, 0.15) is 25.7 Å². The van der Waals surface area contributed by atoms with Crippen molar-refractivity contribution in [2.75, 3.05) is 36.7 Å². The van der Waals surface area contributed by atoms with Crippen molar-refractivity contribution in [3.63, 3.8) is 0 Å². The number of fused-ring (bicyclic) bond motifs is 1. The van der Waals surface area contributed by atoms with Crippen molar-refractivity contribution >= 4 is 34.3 Å². The van der Waals surface area contributed by atoms with E-state index in [1.807, 2.05) is 67.5 Å². The molecule has 31 heavy (non-hydrogen) atoms. The van der Waals surface area contributed by atoms with Gasteiger partial charge in [-0.25, -0.2) is 4.98 Å². The Morgan fingerprint density at radius 2 is 1.81 bits per heavy atom. The Balaban J connectivity index is 1.37. The molecule has 3 aromatic rings. The Morgan fingerprint density at radius 1 is 1.03 bits per heavy atom. The predicted octanol–water partition coefficient (Wildman–Crippen LogP) is 4.31. The predicted molar refractivity (Wildman–Crippen MR) is 125 cm³/mol. The van der Waals surface area contributed by atoms with Crippen LogP contribution in [0.25, 0.3) is 10.9 Å². The molecule has 0 atom stereocenters. The highest BCUT2D eigenvalue weighted by atomic mass is 16.5. The number of hydrogen-bond acceptors (Lipinski definition) is 6. The maximum atomic E-state index is 12.7. The van der Waals surface area contributed by atoms with E-state index in [1.54, 1.807) is 7.11 Å². The van der Waals surface area contributed by atoms with Crippen molar-refractivity contribution in [2.45, 2.75) is 31.7 Å². The van der Waals surface area contributed by atoms with Crippen LogP contribution in [0.3, 0.4) is 0 Å². The van der Waals surface area contributed by atoms with E-state index < -0.39 is 0 Å². The Morgan fingerprint density at radius 3 is 2.55 bits per heavy atom. The molecule has 1 saturated carbocycles. The van der Waals surface area contributed by atoms with Crippen LogP contribution < -0.4 is 20.3 Å². The first-order chi connectivity index (χ1) is 15.0. The molecule has 1 fully saturated rings. The molecule has 4 rings (SSSR count). The SMILES string of the molecule is COc1cccc(NC(=O)C2CCC(Nc3nc(N(C)C)c4ccccc4n3)CC2)c1. The first kappa shape index (κ1) is 20.9. The molecule has 0 unspecified atom stereocenters. The number of hydrogen-bond donors (Lipinski definition) is 2. The average molecular weight is 420 g/mol. The third-order valence-electron chi connectivity index (χ3n) is 5.78. The van der Waals surface area contributed by atoms with Gasteiger partial charge in [-0.15, -0.1) is 0 Å². The second kappa shape index (κ2) is 9.20. The molecule has 0 bridgehead atoms. The van der Waals surface area contributed by atoms with Crippen molar-refractivity contribution in [3.05, 3.63) is 48.5 Å². The van der Waals surface area contributed by atoms with E-state index in [0.717, 1.165) is 53.8 Å². The maximum absolute atomic E-state index is 12.7. The zero-order valence-electron chi connectivity index (χ0n) is 18.3. The number of carbonyl (C=O) groups excluding carboxylic acids is 1. The molecular weight excluding hydrogens is 390 g/mol. The van der Waals surface area contributed by atoms with Gasteiger partial charge in [-0.3, -0.25) is 4.79 Å². The molecule has 7 nitrogen and oxygen atoms in total. The number of anilines is 3. The molecule has 1 aliphatic rings. The summed E-state index contributed by atoms with van der Waals surface area (Å²) >= 11 is 0. The summed E-state index contributed by atoms with van der Waals surface area (Å²) in [5.74, 6) is 2.37. The maximum Gasteiger partial charge on any atom is 0.227 e. The molecule has 1 aliphatic carbocycles. The number of amides is 1. The fourth-order valence-corrected chi connectivity index (χ4v) is 4.09. The minimum Gasteiger partial charge on any atom is -0.497 e. The monoisotopic (exact) mass is 419 g/mol. The zero-order valence-corrected chi connectivity index (χ0v) is 18.3. The van der Waals surface area contributed by atoms with Gasteiger partial charge in [-0.05, 0) is 49.9 Å². The summed E-state index contributed by atoms with van der Waals surface area (Å²) in [7, 11) is 5.60. The highest BCUT2D eigenvalue weighted by molar-refractivity contribution is 5.93. The molecule has 162 valence electrons. The van der Waals surface area contributed by atoms with E-state index in [9.17, 15) is 4.79 Å². The Hall–Kier alpha value is -3.35. The number of nitrogens with one attached hydrogen (secondary N) is 2. The molecule has 0 aliphatic heterocycles. The topological polar surface area (TPSA) is 79.4 Å². The fraction of sp³-hybridized carbons (Fsp3) is 0.375. The van der Waals surface area contributed by atoms with Crippen LogP contribution in [0.15, 0.2) is 48.5 Å². The third-order valence-corrected chi connectivity index (χ3v) is 5.78. The average Bonchev–Trinajstić information content (AvgIpc) is 2.79. The van der Waals surface area contributed by atoms with Gasteiger partial charge in [0.25, 0.3) is 0 Å². The molecule has 1 amide bonds. The minimum absolute atomic E-state index is 0.0131. The second-order valence-corrected chi connectivity index (χ2v) is 8.20. The first-order valence-corrected chi connectivity index (χ1v) is 10.7. The van der Waals surface area contributed by atoms with Crippen molar-refractivity contribution in [1.82, 2.24) is 9.97 Å². The minimum atomic E-state index is 0.0131. The van der Waals surface area contributed by atoms with Gasteiger partial charge >= 0.3 is 0 Å². The Bertz CT molecular complexity index is 1060. The van der Waals surface area contributed by atoms with Gasteiger partial charge in [0.15, 0.2) is 0 Å². The van der Waals surface area contributed by atoms with Crippen LogP contribution in [0.5, 0.6) is 5.75 Å². The molecule has 7 heteroatoms. The van der Waals surface area contributed by atoms with Gasteiger partial charge in [-0.1, -0.05) is 18.2 Å². The summed E-state index contributed by atoms with van der Waals surface area (Å²) in [4.78, 5) is 24.1. The Kier molecular flexibility index (Phi) is 6.21. The van der Waals surface area contributed by atoms with Crippen LogP contribution in [-0.2, 0) is 4.79 Å². The van der Waals surface area contributed by atoms with Crippen molar-refractivity contribution in [1.29, 1.82) is 0 Å². The fourth-order valence-electron chi connectivity index (χ4n) is 4.09. The van der Waals surface area contributed by atoms with Crippen molar-refractivity contribution < 1.29 is 9.53 Å². The molecule has 1 aromatic heterocycles. The van der Waals surface area contributed by atoms with E-state index >= 15 is 0 Å². The number of ether oxygens (including phenoxy) is 1. The largest absolute Gasteiger partial charge is 0.497 e. The standard InChI is InChI=1S/C24H29N5O2/c1-29(2)22-20-9-4-5-10-21(20)27-24(28-22)26-17-13-11-16(12-14-17)23(30)25-18-7-6-8-19(15-18)31-3/h4-10,15-17H,11-14H2,1-3H3,(H,25,30)(H,26,27,28). The Labute approximate surface area is 182 Å². The van der Waals surface area contributed by atoms with E-state index in [0.29, 0.717) is 5.95 Å². The molecular formula is C24H29N5O2. The summed E-state index contributed by atoms with van der Waals surface area (Å²) in [5, 5.41) is 7.55. The van der Waals surface area contributed by atoms with E-state index in [1.165, 1.54) is 0 Å². The third kappa shape index (κ3) is 4.87. The molecule has 2 N–H and O–H groups in total. The van der Waals surface area contributed by atoms with Gasteiger partial charge in [-0.2, -0.15) is 4.98 Å². The number of para-hydroxylation sites is 1. The van der Waals surface area contributed by atoms with Crippen molar-refractivity contribution in [2.24, 2.45) is 5.92 Å². The first-order valence-electron chi connectivity index (χ1n) is 10.7. The molecule has 0 saturated heterocycles. The summed E-state index contributed by atoms with van der Waals surface area (Å²) in [6, 6.07) is 15.8. The van der Waals surface area contributed by atoms with Crippen LogP contribution in [0.4, 0.5) is 17.5 Å². The lowest BCUT2D eigenvalue weighted by molar-refractivity contribution is -0.120. The van der Waals surface area contributed by atoms with Gasteiger partial charge < -0.3 is 20.3 Å². The van der Waals surface area contributed by atoms with Crippen LogP contribution in [0.2, 0.25) is 0 Å². The van der Waals surface area contributed by atoms with Crippen LogP contribution in [0, 0.1) is 5.92 Å². The molecule has 1 heterocycles. The summed E-state index contributed by atoms with van der Waals surface area (Å²) < 4.78 is 5.23. The number of rotatable bonds is 6. The summed E-state index contributed by atoms with van der Waals surface area (Å²) in [6.45, 7) is 0. The van der Waals surface area contributed by atoms with E-state index in [4.69, 9.17) is 14.7 Å². The van der Waals surface area contributed by atoms with Gasteiger partial charge in [0.05, 0.1) is 12.6 Å². The van der Waals surface area contributed by atoms with Gasteiger partial charge in [0.1, 0.15) is 11.6 Å². The number of aromatic nitrogens is 2. The van der Waals surface area contributed by atoms with Gasteiger partial charge in [0.2, 0.25) is 11.9 Å².